The average molecular weight is 505 g/mol. The lowest BCUT2D eigenvalue weighted by Crippen LogP contribution is -1.99. The predicted molar refractivity (Wildman–Crippen MR) is 130 cm³/mol. The zero-order chi connectivity index (χ0) is 23.6. The van der Waals surface area contributed by atoms with E-state index >= 15 is 0 Å². The van der Waals surface area contributed by atoms with Crippen molar-refractivity contribution in [1.82, 2.24) is 0 Å². The molecule has 0 aromatic heterocycles. The molecule has 0 spiro atoms. The first kappa shape index (κ1) is 31.5. The minimum atomic E-state index is -4.14. The van der Waals surface area contributed by atoms with Crippen LogP contribution in [-0.4, -0.2) is 28.8 Å². The number of hydrogen-bond acceptors (Lipinski definition) is 5. The molecule has 0 rings (SSSR count). The van der Waals surface area contributed by atoms with Gasteiger partial charge in [-0.2, -0.15) is 0 Å². The standard InChI is InChI=1S/C21H47O7P3/c1-4-6-8-10-12-14-16-18-20-30(23,24)27-29(3,22)28-31(25,26)21-19-17-15-13-11-9-7-5-2/h4-21H2,1-3H3,(H,23,24)(H,25,26). The molecule has 0 saturated heterocycles. The highest BCUT2D eigenvalue weighted by Gasteiger charge is 2.36. The lowest BCUT2D eigenvalue weighted by molar-refractivity contribution is 0.317. The Morgan fingerprint density at radius 1 is 0.516 bits per heavy atom. The molecule has 2 unspecified atom stereocenters. The van der Waals surface area contributed by atoms with Crippen molar-refractivity contribution in [1.29, 1.82) is 0 Å². The van der Waals surface area contributed by atoms with Crippen LogP contribution in [0.25, 0.3) is 0 Å². The van der Waals surface area contributed by atoms with Crippen LogP contribution in [-0.2, 0) is 22.3 Å². The van der Waals surface area contributed by atoms with Gasteiger partial charge in [-0.05, 0) is 12.8 Å². The van der Waals surface area contributed by atoms with E-state index in [1.54, 1.807) is 0 Å². The highest BCUT2D eigenvalue weighted by atomic mass is 31.3. The maximum atomic E-state index is 12.4. The van der Waals surface area contributed by atoms with E-state index in [-0.39, 0.29) is 12.3 Å². The molecule has 0 aliphatic carbocycles. The van der Waals surface area contributed by atoms with Crippen molar-refractivity contribution in [2.45, 2.75) is 117 Å². The van der Waals surface area contributed by atoms with Gasteiger partial charge in [0, 0.05) is 6.66 Å². The normalized spacial score (nSPS) is 17.7. The van der Waals surface area contributed by atoms with Gasteiger partial charge in [-0.25, -0.2) is 8.62 Å². The molecule has 0 aliphatic rings. The fourth-order valence-corrected chi connectivity index (χ4v) is 9.45. The molecule has 188 valence electrons. The molecule has 0 heterocycles. The van der Waals surface area contributed by atoms with Crippen LogP contribution in [0.4, 0.5) is 0 Å². The lowest BCUT2D eigenvalue weighted by atomic mass is 10.1. The van der Waals surface area contributed by atoms with Crippen LogP contribution in [0, 0.1) is 0 Å². The third kappa shape index (κ3) is 20.8. The topological polar surface area (TPSA) is 110 Å². The lowest BCUT2D eigenvalue weighted by Gasteiger charge is -2.20. The summed E-state index contributed by atoms with van der Waals surface area (Å²) in [6.07, 6.45) is 16.1. The molecular formula is C21H47O7P3. The predicted octanol–water partition coefficient (Wildman–Crippen LogP) is 8.49. The highest BCUT2D eigenvalue weighted by Crippen LogP contribution is 2.67. The van der Waals surface area contributed by atoms with E-state index in [9.17, 15) is 23.5 Å². The molecule has 0 saturated carbocycles. The van der Waals surface area contributed by atoms with Crippen LogP contribution >= 0.6 is 22.8 Å². The summed E-state index contributed by atoms with van der Waals surface area (Å²) in [5, 5.41) is 0. The maximum absolute atomic E-state index is 12.4. The van der Waals surface area contributed by atoms with E-state index in [0.29, 0.717) is 12.8 Å². The van der Waals surface area contributed by atoms with Gasteiger partial charge in [0.2, 0.25) is 0 Å². The van der Waals surface area contributed by atoms with E-state index in [2.05, 4.69) is 13.8 Å². The minimum absolute atomic E-state index is 0.128. The summed E-state index contributed by atoms with van der Waals surface area (Å²) in [7, 11) is -12.4. The number of hydrogen-bond donors (Lipinski definition) is 2. The Hall–Kier alpha value is 0.530. The van der Waals surface area contributed by atoms with Crippen molar-refractivity contribution in [2.24, 2.45) is 0 Å². The molecule has 2 N–H and O–H groups in total. The first-order chi connectivity index (χ1) is 14.5. The largest absolute Gasteiger partial charge is 0.341 e. The zero-order valence-electron chi connectivity index (χ0n) is 20.0. The number of unbranched alkanes of at least 4 members (excludes halogenated alkanes) is 14. The molecule has 0 aromatic rings. The van der Waals surface area contributed by atoms with Gasteiger partial charge in [-0.1, -0.05) is 104 Å². The molecule has 2 atom stereocenters. The molecule has 31 heavy (non-hydrogen) atoms. The highest BCUT2D eigenvalue weighted by molar-refractivity contribution is 7.71. The van der Waals surface area contributed by atoms with Crippen molar-refractivity contribution in [3.8, 4) is 0 Å². The summed E-state index contributed by atoms with van der Waals surface area (Å²) < 4.78 is 46.5. The molecular weight excluding hydrogens is 457 g/mol. The van der Waals surface area contributed by atoms with Gasteiger partial charge >= 0.3 is 22.8 Å². The Morgan fingerprint density at radius 3 is 1.06 bits per heavy atom. The van der Waals surface area contributed by atoms with Gasteiger partial charge in [0.1, 0.15) is 0 Å². The second kappa shape index (κ2) is 17.9. The van der Waals surface area contributed by atoms with E-state index in [1.165, 1.54) is 51.4 Å². The Bertz CT molecular complexity index is 537. The van der Waals surface area contributed by atoms with Crippen molar-refractivity contribution < 1.29 is 32.1 Å². The summed E-state index contributed by atoms with van der Waals surface area (Å²) in [5.74, 6) is 0. The molecule has 0 aliphatic heterocycles. The second-order valence-electron chi connectivity index (χ2n) is 8.61. The van der Waals surface area contributed by atoms with Crippen molar-refractivity contribution in [3.63, 3.8) is 0 Å². The fourth-order valence-electron chi connectivity index (χ4n) is 3.45. The van der Waals surface area contributed by atoms with Gasteiger partial charge in [0.05, 0.1) is 12.3 Å². The van der Waals surface area contributed by atoms with E-state index in [1.807, 2.05) is 0 Å². The minimum Gasteiger partial charge on any atom is -0.324 e. The molecule has 0 bridgehead atoms. The van der Waals surface area contributed by atoms with Crippen LogP contribution in [0.15, 0.2) is 0 Å². The van der Waals surface area contributed by atoms with Gasteiger partial charge < -0.3 is 9.79 Å². The van der Waals surface area contributed by atoms with Gasteiger partial charge in [-0.3, -0.25) is 13.7 Å². The first-order valence-corrected chi connectivity index (χ1v) is 17.7. The van der Waals surface area contributed by atoms with Gasteiger partial charge in [-0.15, -0.1) is 0 Å². The van der Waals surface area contributed by atoms with E-state index in [4.69, 9.17) is 8.62 Å². The van der Waals surface area contributed by atoms with Crippen LogP contribution in [0.3, 0.4) is 0 Å². The second-order valence-corrected chi connectivity index (χ2v) is 14.9. The van der Waals surface area contributed by atoms with Gasteiger partial charge in [0.15, 0.2) is 0 Å². The van der Waals surface area contributed by atoms with E-state index < -0.39 is 22.8 Å². The molecule has 10 heteroatoms. The van der Waals surface area contributed by atoms with Gasteiger partial charge in [0.25, 0.3) is 0 Å². The van der Waals surface area contributed by atoms with E-state index in [0.717, 1.165) is 45.2 Å². The first-order valence-electron chi connectivity index (χ1n) is 12.2. The monoisotopic (exact) mass is 504 g/mol. The van der Waals surface area contributed by atoms with Crippen LogP contribution in [0.1, 0.15) is 117 Å². The quantitative estimate of drug-likeness (QED) is 0.112. The summed E-state index contributed by atoms with van der Waals surface area (Å²) in [5.41, 5.74) is 0. The molecule has 0 amide bonds. The van der Waals surface area contributed by atoms with Crippen LogP contribution in [0.5, 0.6) is 0 Å². The Labute approximate surface area is 190 Å². The smallest absolute Gasteiger partial charge is 0.324 e. The molecule has 0 radical (unpaired) electrons. The zero-order valence-corrected chi connectivity index (χ0v) is 22.7. The molecule has 7 nitrogen and oxygen atoms in total. The van der Waals surface area contributed by atoms with Crippen LogP contribution < -0.4 is 0 Å². The Balaban J connectivity index is 4.10. The molecule has 0 aromatic carbocycles. The molecule has 0 fully saturated rings. The summed E-state index contributed by atoms with van der Waals surface area (Å²) in [4.78, 5) is 19.9. The Kier molecular flexibility index (Phi) is 18.2. The van der Waals surface area contributed by atoms with Crippen molar-refractivity contribution in [3.05, 3.63) is 0 Å². The average Bonchev–Trinajstić information content (AvgIpc) is 2.64. The Morgan fingerprint density at radius 2 is 0.774 bits per heavy atom. The summed E-state index contributed by atoms with van der Waals surface area (Å²) >= 11 is 0. The third-order valence-electron chi connectivity index (χ3n) is 5.14. The third-order valence-corrected chi connectivity index (χ3v) is 11.3. The van der Waals surface area contributed by atoms with Crippen LogP contribution in [0.2, 0.25) is 0 Å². The SMILES string of the molecule is CCCCCCCCCCP(=O)(O)OP(C)(=O)OP(=O)(O)CCCCCCCCCC. The van der Waals surface area contributed by atoms with Crippen molar-refractivity contribution in [2.75, 3.05) is 19.0 Å². The summed E-state index contributed by atoms with van der Waals surface area (Å²) in [6.45, 7) is 5.32. The summed E-state index contributed by atoms with van der Waals surface area (Å²) in [6, 6.07) is 0. The maximum Gasteiger partial charge on any atom is 0.341 e. The fraction of sp³-hybridized carbons (Fsp3) is 1.00. The number of rotatable bonds is 22. The van der Waals surface area contributed by atoms with Crippen molar-refractivity contribution >= 4 is 22.8 Å².